The van der Waals surface area contributed by atoms with Crippen molar-refractivity contribution in [2.45, 2.75) is 13.3 Å². The molecule has 0 saturated carbocycles. The van der Waals surface area contributed by atoms with Gasteiger partial charge in [0.2, 0.25) is 0 Å². The highest BCUT2D eigenvalue weighted by molar-refractivity contribution is 5.53. The first-order valence-corrected chi connectivity index (χ1v) is 4.50. The summed E-state index contributed by atoms with van der Waals surface area (Å²) in [5, 5.41) is 0. The molecule has 1 aromatic rings. The van der Waals surface area contributed by atoms with Crippen molar-refractivity contribution in [1.29, 1.82) is 0 Å². The number of hydrogen-bond acceptors (Lipinski definition) is 1. The van der Waals surface area contributed by atoms with Crippen molar-refractivity contribution in [2.75, 3.05) is 0 Å². The first-order chi connectivity index (χ1) is 6.33. The number of hydrogen-bond donors (Lipinski definition) is 0. The molecule has 1 atom stereocenters. The van der Waals surface area contributed by atoms with Crippen LogP contribution in [0.4, 0.5) is 0 Å². The maximum atomic E-state index is 10.2. The normalized spacial score (nSPS) is 13.0. The molecular formula is C12H14O. The molecule has 1 aromatic carbocycles. The molecule has 0 aliphatic rings. The second-order valence-corrected chi connectivity index (χ2v) is 3.15. The molecule has 0 heterocycles. The van der Waals surface area contributed by atoms with Crippen LogP contribution in [0, 0.1) is 5.92 Å². The van der Waals surface area contributed by atoms with E-state index in [2.05, 4.69) is 6.08 Å². The number of benzene rings is 1. The van der Waals surface area contributed by atoms with Crippen LogP contribution in [0.5, 0.6) is 0 Å². The molecule has 0 fully saturated rings. The number of allylic oxidation sites excluding steroid dienone is 1. The van der Waals surface area contributed by atoms with E-state index in [4.69, 9.17) is 0 Å². The Balaban J connectivity index is 2.53. The molecule has 0 aliphatic heterocycles. The lowest BCUT2D eigenvalue weighted by Gasteiger charge is -1.98. The Morgan fingerprint density at radius 2 is 2.00 bits per heavy atom. The van der Waals surface area contributed by atoms with Crippen molar-refractivity contribution >= 4 is 12.4 Å². The van der Waals surface area contributed by atoms with Crippen LogP contribution in [0.2, 0.25) is 0 Å². The molecule has 0 radical (unpaired) electrons. The molecule has 1 heteroatoms. The number of rotatable bonds is 4. The molecule has 0 saturated heterocycles. The fraction of sp³-hybridized carbons (Fsp3) is 0.250. The molecule has 1 unspecified atom stereocenters. The molecule has 1 rings (SSSR count). The SMILES string of the molecule is CC(C=Cc1ccccc1)CC=O. The van der Waals surface area contributed by atoms with Crippen LogP contribution in [0.25, 0.3) is 6.08 Å². The van der Waals surface area contributed by atoms with Crippen molar-refractivity contribution in [3.8, 4) is 0 Å². The smallest absolute Gasteiger partial charge is 0.120 e. The fourth-order valence-corrected chi connectivity index (χ4v) is 1.07. The average Bonchev–Trinajstić information content (AvgIpc) is 2.17. The fourth-order valence-electron chi connectivity index (χ4n) is 1.07. The Labute approximate surface area is 79.1 Å². The molecule has 0 N–H and O–H groups in total. The summed E-state index contributed by atoms with van der Waals surface area (Å²) in [6.45, 7) is 2.04. The summed E-state index contributed by atoms with van der Waals surface area (Å²) in [6, 6.07) is 10.1. The van der Waals surface area contributed by atoms with Gasteiger partial charge in [0.1, 0.15) is 6.29 Å². The Morgan fingerprint density at radius 1 is 1.31 bits per heavy atom. The van der Waals surface area contributed by atoms with Gasteiger partial charge in [0.05, 0.1) is 0 Å². The molecule has 1 nitrogen and oxygen atoms in total. The van der Waals surface area contributed by atoms with E-state index in [1.54, 1.807) is 0 Å². The largest absolute Gasteiger partial charge is 0.303 e. The Kier molecular flexibility index (Phi) is 3.97. The summed E-state index contributed by atoms with van der Waals surface area (Å²) >= 11 is 0. The van der Waals surface area contributed by atoms with Gasteiger partial charge in [-0.15, -0.1) is 0 Å². The highest BCUT2D eigenvalue weighted by atomic mass is 16.1. The first kappa shape index (κ1) is 9.72. The van der Waals surface area contributed by atoms with Gasteiger partial charge in [-0.25, -0.2) is 0 Å². The van der Waals surface area contributed by atoms with Crippen molar-refractivity contribution in [3.63, 3.8) is 0 Å². The van der Waals surface area contributed by atoms with Crippen molar-refractivity contribution in [3.05, 3.63) is 42.0 Å². The quantitative estimate of drug-likeness (QED) is 0.641. The first-order valence-electron chi connectivity index (χ1n) is 4.50. The Hall–Kier alpha value is -1.37. The predicted octanol–water partition coefficient (Wildman–Crippen LogP) is 2.92. The van der Waals surface area contributed by atoms with Gasteiger partial charge >= 0.3 is 0 Å². The second kappa shape index (κ2) is 5.31. The van der Waals surface area contributed by atoms with Crippen LogP contribution in [0.15, 0.2) is 36.4 Å². The van der Waals surface area contributed by atoms with Crippen molar-refractivity contribution in [1.82, 2.24) is 0 Å². The zero-order valence-corrected chi connectivity index (χ0v) is 7.81. The second-order valence-electron chi connectivity index (χ2n) is 3.15. The molecule has 0 aromatic heterocycles. The number of carbonyl (C=O) groups is 1. The minimum absolute atomic E-state index is 0.331. The molecule has 68 valence electrons. The summed E-state index contributed by atoms with van der Waals surface area (Å²) < 4.78 is 0. The van der Waals surface area contributed by atoms with Gasteiger partial charge in [0.15, 0.2) is 0 Å². The van der Waals surface area contributed by atoms with Gasteiger partial charge in [-0.2, -0.15) is 0 Å². The topological polar surface area (TPSA) is 17.1 Å². The van der Waals surface area contributed by atoms with Gasteiger partial charge in [0, 0.05) is 6.42 Å². The minimum Gasteiger partial charge on any atom is -0.303 e. The molecule has 0 amide bonds. The summed E-state index contributed by atoms with van der Waals surface area (Å²) in [4.78, 5) is 10.2. The van der Waals surface area contributed by atoms with Crippen molar-refractivity contribution in [2.24, 2.45) is 5.92 Å². The van der Waals surface area contributed by atoms with E-state index in [0.717, 1.165) is 6.29 Å². The predicted molar refractivity (Wildman–Crippen MR) is 55.3 cm³/mol. The molecule has 0 bridgehead atoms. The Bertz CT molecular complexity index is 274. The lowest BCUT2D eigenvalue weighted by Crippen LogP contribution is -1.88. The summed E-state index contributed by atoms with van der Waals surface area (Å²) in [6.07, 6.45) is 5.67. The molecule has 13 heavy (non-hydrogen) atoms. The Morgan fingerprint density at radius 3 is 2.62 bits per heavy atom. The number of carbonyl (C=O) groups excluding carboxylic acids is 1. The lowest BCUT2D eigenvalue weighted by atomic mass is 10.1. The third kappa shape index (κ3) is 3.70. The summed E-state index contributed by atoms with van der Waals surface area (Å²) in [5.41, 5.74) is 1.18. The van der Waals surface area contributed by atoms with E-state index in [-0.39, 0.29) is 0 Å². The zero-order valence-electron chi connectivity index (χ0n) is 7.81. The molecule has 0 spiro atoms. The van der Waals surface area contributed by atoms with Crippen LogP contribution in [-0.4, -0.2) is 6.29 Å². The molecule has 0 aliphatic carbocycles. The van der Waals surface area contributed by atoms with Crippen LogP contribution in [0.3, 0.4) is 0 Å². The summed E-state index contributed by atoms with van der Waals surface area (Å²) in [5.74, 6) is 0.331. The lowest BCUT2D eigenvalue weighted by molar-refractivity contribution is -0.108. The van der Waals surface area contributed by atoms with E-state index in [0.29, 0.717) is 12.3 Å². The van der Waals surface area contributed by atoms with Gasteiger partial charge in [0.25, 0.3) is 0 Å². The van der Waals surface area contributed by atoms with E-state index in [1.165, 1.54) is 5.56 Å². The van der Waals surface area contributed by atoms with Crippen LogP contribution >= 0.6 is 0 Å². The maximum absolute atomic E-state index is 10.2. The maximum Gasteiger partial charge on any atom is 0.120 e. The third-order valence-corrected chi connectivity index (χ3v) is 1.88. The average molecular weight is 174 g/mol. The monoisotopic (exact) mass is 174 g/mol. The third-order valence-electron chi connectivity index (χ3n) is 1.88. The van der Waals surface area contributed by atoms with E-state index in [9.17, 15) is 4.79 Å². The molecular weight excluding hydrogens is 160 g/mol. The van der Waals surface area contributed by atoms with E-state index in [1.807, 2.05) is 43.3 Å². The van der Waals surface area contributed by atoms with Crippen LogP contribution < -0.4 is 0 Å². The van der Waals surface area contributed by atoms with Crippen LogP contribution in [-0.2, 0) is 4.79 Å². The van der Waals surface area contributed by atoms with Gasteiger partial charge in [-0.1, -0.05) is 49.4 Å². The standard InChI is InChI=1S/C12H14O/c1-11(9-10-13)7-8-12-5-3-2-4-6-12/h2-8,10-11H,9H2,1H3. The van der Waals surface area contributed by atoms with E-state index < -0.39 is 0 Å². The highest BCUT2D eigenvalue weighted by Crippen LogP contribution is 2.06. The minimum atomic E-state index is 0.331. The van der Waals surface area contributed by atoms with E-state index >= 15 is 0 Å². The number of aldehydes is 1. The van der Waals surface area contributed by atoms with Crippen LogP contribution in [0.1, 0.15) is 18.9 Å². The van der Waals surface area contributed by atoms with Gasteiger partial charge in [-0.05, 0) is 11.5 Å². The van der Waals surface area contributed by atoms with Crippen molar-refractivity contribution < 1.29 is 4.79 Å². The van der Waals surface area contributed by atoms with Gasteiger partial charge in [-0.3, -0.25) is 0 Å². The summed E-state index contributed by atoms with van der Waals surface area (Å²) in [7, 11) is 0. The highest BCUT2D eigenvalue weighted by Gasteiger charge is 1.93. The zero-order chi connectivity index (χ0) is 9.52. The van der Waals surface area contributed by atoms with Gasteiger partial charge < -0.3 is 4.79 Å².